The van der Waals surface area contributed by atoms with E-state index >= 15 is 0 Å². The third-order valence-electron chi connectivity index (χ3n) is 4.49. The van der Waals surface area contributed by atoms with Crippen molar-refractivity contribution in [1.29, 1.82) is 0 Å². The first-order valence-corrected chi connectivity index (χ1v) is 9.88. The Bertz CT molecular complexity index is 893. The van der Waals surface area contributed by atoms with Gasteiger partial charge in [0.1, 0.15) is 5.75 Å². The Balaban J connectivity index is 1.80. The van der Waals surface area contributed by atoms with Crippen LogP contribution in [-0.2, 0) is 11.0 Å². The molecule has 6 heteroatoms. The standard InChI is InChI=1S/C22H21NO4Si/c1-16-13-19(20(23(24)25)14-21(16)26-2)15-27-28-22(17-9-5-3-6-10-17)18-11-7-4-8-12-18/h3-14,22H,15H2,1-2H3. The van der Waals surface area contributed by atoms with Gasteiger partial charge in [-0.05, 0) is 29.7 Å². The number of aryl methyl sites for hydroxylation is 1. The maximum Gasteiger partial charge on any atom is 0.278 e. The largest absolute Gasteiger partial charge is 0.496 e. The van der Waals surface area contributed by atoms with Gasteiger partial charge in [-0.3, -0.25) is 10.1 Å². The smallest absolute Gasteiger partial charge is 0.278 e. The maximum atomic E-state index is 11.4. The van der Waals surface area contributed by atoms with E-state index in [4.69, 9.17) is 9.16 Å². The highest BCUT2D eigenvalue weighted by Gasteiger charge is 2.20. The molecule has 0 unspecified atom stereocenters. The van der Waals surface area contributed by atoms with E-state index in [1.807, 2.05) is 43.3 Å². The van der Waals surface area contributed by atoms with Crippen LogP contribution in [0.1, 0.15) is 27.8 Å². The molecule has 2 radical (unpaired) electrons. The molecule has 0 aliphatic heterocycles. The molecule has 0 saturated heterocycles. The van der Waals surface area contributed by atoms with Crippen LogP contribution in [-0.4, -0.2) is 21.8 Å². The maximum absolute atomic E-state index is 11.4. The second kappa shape index (κ2) is 9.30. The topological polar surface area (TPSA) is 61.6 Å². The van der Waals surface area contributed by atoms with Crippen LogP contribution in [0, 0.1) is 17.0 Å². The van der Waals surface area contributed by atoms with Gasteiger partial charge >= 0.3 is 0 Å². The summed E-state index contributed by atoms with van der Waals surface area (Å²) in [7, 11) is 1.64. The number of hydrogen-bond acceptors (Lipinski definition) is 4. The number of methoxy groups -OCH3 is 1. The summed E-state index contributed by atoms with van der Waals surface area (Å²) in [5.74, 6) is 0.504. The first-order valence-electron chi connectivity index (χ1n) is 8.89. The van der Waals surface area contributed by atoms with Crippen LogP contribution in [0.5, 0.6) is 5.75 Å². The van der Waals surface area contributed by atoms with Crippen LogP contribution in [0.25, 0.3) is 0 Å². The van der Waals surface area contributed by atoms with Crippen molar-refractivity contribution in [2.45, 2.75) is 19.1 Å². The summed E-state index contributed by atoms with van der Waals surface area (Å²) in [4.78, 5) is 11.0. The normalized spacial score (nSPS) is 10.8. The average Bonchev–Trinajstić information content (AvgIpc) is 2.72. The molecule has 0 aromatic heterocycles. The summed E-state index contributed by atoms with van der Waals surface area (Å²) in [6, 6.07) is 23.5. The molecule has 0 heterocycles. The van der Waals surface area contributed by atoms with Gasteiger partial charge in [0.25, 0.3) is 5.69 Å². The number of rotatable bonds is 8. The summed E-state index contributed by atoms with van der Waals surface area (Å²) in [6.07, 6.45) is 0. The molecule has 0 fully saturated rings. The SMILES string of the molecule is COc1cc([N+](=O)[O-])c(CO[Si]C(c2ccccc2)c2ccccc2)cc1C. The van der Waals surface area contributed by atoms with E-state index in [1.54, 1.807) is 6.07 Å². The van der Waals surface area contributed by atoms with Crippen molar-refractivity contribution in [1.82, 2.24) is 0 Å². The third kappa shape index (κ3) is 4.65. The minimum Gasteiger partial charge on any atom is -0.496 e. The highest BCUT2D eigenvalue weighted by molar-refractivity contribution is 6.31. The molecule has 0 aliphatic carbocycles. The van der Waals surface area contributed by atoms with Crippen LogP contribution < -0.4 is 4.74 Å². The van der Waals surface area contributed by atoms with Crippen molar-refractivity contribution >= 4 is 15.5 Å². The van der Waals surface area contributed by atoms with Crippen molar-refractivity contribution in [2.24, 2.45) is 0 Å². The van der Waals surface area contributed by atoms with Gasteiger partial charge in [-0.15, -0.1) is 0 Å². The monoisotopic (exact) mass is 391 g/mol. The van der Waals surface area contributed by atoms with E-state index in [-0.39, 0.29) is 27.6 Å². The van der Waals surface area contributed by atoms with Gasteiger partial charge in [0, 0.05) is 5.54 Å². The molecule has 5 nitrogen and oxygen atoms in total. The molecule has 142 valence electrons. The summed E-state index contributed by atoms with van der Waals surface area (Å²) in [6.45, 7) is 2.04. The molecule has 0 saturated carbocycles. The lowest BCUT2D eigenvalue weighted by molar-refractivity contribution is -0.385. The second-order valence-electron chi connectivity index (χ2n) is 6.37. The van der Waals surface area contributed by atoms with Crippen molar-refractivity contribution in [3.05, 3.63) is 105 Å². The van der Waals surface area contributed by atoms with Gasteiger partial charge in [0.15, 0.2) is 0 Å². The number of nitro groups is 1. The Kier molecular flexibility index (Phi) is 6.57. The molecular formula is C22H21NO4Si. The van der Waals surface area contributed by atoms with Gasteiger partial charge < -0.3 is 9.16 Å². The first kappa shape index (κ1) is 19.8. The van der Waals surface area contributed by atoms with Crippen molar-refractivity contribution in [3.63, 3.8) is 0 Å². The minimum atomic E-state index is -0.393. The van der Waals surface area contributed by atoms with E-state index in [1.165, 1.54) is 13.2 Å². The quantitative estimate of drug-likeness (QED) is 0.313. The van der Waals surface area contributed by atoms with Crippen LogP contribution in [0.15, 0.2) is 72.8 Å². The summed E-state index contributed by atoms with van der Waals surface area (Å²) in [5, 5.41) is 11.4. The number of hydrogen-bond donors (Lipinski definition) is 0. The molecule has 0 bridgehead atoms. The fraction of sp³-hybridized carbons (Fsp3) is 0.182. The molecule has 0 atom stereocenters. The van der Waals surface area contributed by atoms with E-state index in [0.717, 1.165) is 16.7 Å². The lowest BCUT2D eigenvalue weighted by atomic mass is 10.0. The number of nitro benzene ring substituents is 1. The fourth-order valence-corrected chi connectivity index (χ4v) is 4.13. The van der Waals surface area contributed by atoms with E-state index < -0.39 is 4.92 Å². The zero-order valence-electron chi connectivity index (χ0n) is 15.8. The predicted octanol–water partition coefficient (Wildman–Crippen LogP) is 4.84. The zero-order valence-corrected chi connectivity index (χ0v) is 16.8. The van der Waals surface area contributed by atoms with E-state index in [0.29, 0.717) is 11.3 Å². The Morgan fingerprint density at radius 1 is 1.00 bits per heavy atom. The van der Waals surface area contributed by atoms with Crippen molar-refractivity contribution in [3.8, 4) is 5.75 Å². The lowest BCUT2D eigenvalue weighted by Crippen LogP contribution is -2.14. The second-order valence-corrected chi connectivity index (χ2v) is 7.47. The molecule has 3 aromatic rings. The van der Waals surface area contributed by atoms with Gasteiger partial charge in [0.05, 0.1) is 30.3 Å². The van der Waals surface area contributed by atoms with Crippen LogP contribution in [0.2, 0.25) is 0 Å². The fourth-order valence-electron chi connectivity index (χ4n) is 3.06. The molecule has 3 rings (SSSR count). The first-order chi connectivity index (χ1) is 13.6. The van der Waals surface area contributed by atoms with Crippen LogP contribution in [0.3, 0.4) is 0 Å². The summed E-state index contributed by atoms with van der Waals surface area (Å²) in [5.41, 5.74) is 3.82. The van der Waals surface area contributed by atoms with Crippen LogP contribution in [0.4, 0.5) is 5.69 Å². The summed E-state index contributed by atoms with van der Waals surface area (Å²) < 4.78 is 11.2. The van der Waals surface area contributed by atoms with Gasteiger partial charge in [-0.1, -0.05) is 60.7 Å². The molecule has 28 heavy (non-hydrogen) atoms. The number of ether oxygens (including phenoxy) is 1. The molecular weight excluding hydrogens is 370 g/mol. The molecule has 0 spiro atoms. The average molecular weight is 391 g/mol. The van der Waals surface area contributed by atoms with Gasteiger partial charge in [-0.25, -0.2) is 0 Å². The molecule has 0 amide bonds. The Morgan fingerprint density at radius 2 is 1.57 bits per heavy atom. The number of benzene rings is 3. The lowest BCUT2D eigenvalue weighted by Gasteiger charge is -2.17. The zero-order chi connectivity index (χ0) is 19.9. The highest BCUT2D eigenvalue weighted by Crippen LogP contribution is 2.30. The predicted molar refractivity (Wildman–Crippen MR) is 110 cm³/mol. The molecule has 0 N–H and O–H groups in total. The highest BCUT2D eigenvalue weighted by atomic mass is 28.2. The Morgan fingerprint density at radius 3 is 2.07 bits per heavy atom. The molecule has 0 aliphatic rings. The minimum absolute atomic E-state index is 0.0169. The van der Waals surface area contributed by atoms with Gasteiger partial charge in [-0.2, -0.15) is 0 Å². The Hall–Kier alpha value is -2.96. The van der Waals surface area contributed by atoms with Crippen molar-refractivity contribution in [2.75, 3.05) is 7.11 Å². The Labute approximate surface area is 167 Å². The summed E-state index contributed by atoms with van der Waals surface area (Å²) >= 11 is 0. The third-order valence-corrected chi connectivity index (χ3v) is 5.70. The van der Waals surface area contributed by atoms with E-state index in [2.05, 4.69) is 24.3 Å². The number of nitrogens with zero attached hydrogens (tertiary/aromatic N) is 1. The molecule has 3 aromatic carbocycles. The van der Waals surface area contributed by atoms with E-state index in [9.17, 15) is 10.1 Å². The van der Waals surface area contributed by atoms with Gasteiger partial charge in [0.2, 0.25) is 9.76 Å². The van der Waals surface area contributed by atoms with Crippen molar-refractivity contribution < 1.29 is 14.1 Å². The van der Waals surface area contributed by atoms with Crippen LogP contribution >= 0.6 is 0 Å².